The van der Waals surface area contributed by atoms with Crippen molar-refractivity contribution in [3.63, 3.8) is 0 Å². The molecule has 0 saturated carbocycles. The van der Waals surface area contributed by atoms with Crippen LogP contribution in [0, 0.1) is 0 Å². The number of carboxylic acids is 1. The van der Waals surface area contributed by atoms with Gasteiger partial charge in [0.1, 0.15) is 0 Å². The van der Waals surface area contributed by atoms with Crippen LogP contribution in [0.4, 0.5) is 0 Å². The van der Waals surface area contributed by atoms with E-state index in [0.29, 0.717) is 6.42 Å². The number of benzene rings is 1. The third kappa shape index (κ3) is 15.9. The Kier molecular flexibility index (Phi) is 15.3. The van der Waals surface area contributed by atoms with Crippen LogP contribution in [0.5, 0.6) is 0 Å². The molecular formula is C13H18B2NO3Y-. The van der Waals surface area contributed by atoms with Crippen molar-refractivity contribution in [1.29, 1.82) is 0 Å². The second kappa shape index (κ2) is 13.8. The Morgan fingerprint density at radius 2 is 1.85 bits per heavy atom. The first-order valence-corrected chi connectivity index (χ1v) is 6.04. The Labute approximate surface area is 148 Å². The molecule has 0 atom stereocenters. The van der Waals surface area contributed by atoms with Crippen LogP contribution in [0.1, 0.15) is 25.8 Å². The first-order chi connectivity index (χ1) is 8.91. The monoisotopic (exact) mass is 347 g/mol. The molecule has 0 aliphatic heterocycles. The zero-order valence-corrected chi connectivity index (χ0v) is 14.7. The van der Waals surface area contributed by atoms with Crippen LogP contribution >= 0.6 is 0 Å². The van der Waals surface area contributed by atoms with Gasteiger partial charge in [0.2, 0.25) is 0 Å². The Bertz CT molecular complexity index is 343. The minimum Gasteiger partial charge on any atom is -0.546 e. The van der Waals surface area contributed by atoms with Crippen LogP contribution in [0.15, 0.2) is 30.3 Å². The van der Waals surface area contributed by atoms with Crippen LogP contribution in [0.3, 0.4) is 0 Å². The van der Waals surface area contributed by atoms with Crippen molar-refractivity contribution in [2.24, 2.45) is 0 Å². The summed E-state index contributed by atoms with van der Waals surface area (Å²) in [7, 11) is 10.1. The van der Waals surface area contributed by atoms with Crippen LogP contribution in [0.2, 0.25) is 0 Å². The SMILES string of the molecule is O=C(O)CCc1ccccc1.[B]C([B])[N-]OC(C)C.[Y]. The van der Waals surface area contributed by atoms with Gasteiger partial charge in [0.05, 0.1) is 0 Å². The molecule has 0 aliphatic carbocycles. The van der Waals surface area contributed by atoms with Crippen LogP contribution in [-0.4, -0.2) is 38.7 Å². The molecule has 7 heteroatoms. The summed E-state index contributed by atoms with van der Waals surface area (Å²) < 4.78 is 0. The van der Waals surface area contributed by atoms with Gasteiger partial charge in [-0.05, 0) is 25.8 Å². The van der Waals surface area contributed by atoms with Crippen molar-refractivity contribution in [2.75, 3.05) is 0 Å². The molecule has 1 rings (SSSR count). The zero-order chi connectivity index (χ0) is 14.7. The van der Waals surface area contributed by atoms with Gasteiger partial charge in [-0.25, -0.2) is 0 Å². The van der Waals surface area contributed by atoms with Gasteiger partial charge in [-0.2, -0.15) is 5.84 Å². The molecule has 0 amide bonds. The Morgan fingerprint density at radius 1 is 1.30 bits per heavy atom. The van der Waals surface area contributed by atoms with E-state index in [1.165, 1.54) is 0 Å². The molecule has 1 N–H and O–H groups in total. The molecule has 5 radical (unpaired) electrons. The largest absolute Gasteiger partial charge is 0.546 e. The maximum atomic E-state index is 10.2. The average Bonchev–Trinajstić information content (AvgIpc) is 2.36. The van der Waals surface area contributed by atoms with Gasteiger partial charge in [0.25, 0.3) is 0 Å². The quantitative estimate of drug-likeness (QED) is 0.633. The summed E-state index contributed by atoms with van der Waals surface area (Å²) in [5.74, 6) is -1.45. The fourth-order valence-electron chi connectivity index (χ4n) is 1.09. The first kappa shape index (κ1) is 22.1. The summed E-state index contributed by atoms with van der Waals surface area (Å²) in [5.41, 5.74) is 4.46. The van der Waals surface area contributed by atoms with Gasteiger partial charge in [0.15, 0.2) is 0 Å². The fraction of sp³-hybridized carbons (Fsp3) is 0.462. The van der Waals surface area contributed by atoms with Gasteiger partial charge >= 0.3 is 5.97 Å². The van der Waals surface area contributed by atoms with Crippen molar-refractivity contribution >= 4 is 21.7 Å². The smallest absolute Gasteiger partial charge is 0.303 e. The van der Waals surface area contributed by atoms with Gasteiger partial charge in [-0.1, -0.05) is 30.3 Å². The van der Waals surface area contributed by atoms with E-state index >= 15 is 0 Å². The van der Waals surface area contributed by atoms with Gasteiger partial charge in [-0.3, -0.25) is 4.79 Å². The third-order valence-corrected chi connectivity index (χ3v) is 1.86. The number of nitrogens with zero attached hydrogens (tertiary/aromatic N) is 1. The van der Waals surface area contributed by atoms with E-state index < -0.39 is 11.8 Å². The topological polar surface area (TPSA) is 60.6 Å². The van der Waals surface area contributed by atoms with E-state index in [1.54, 1.807) is 0 Å². The van der Waals surface area contributed by atoms with Crippen LogP contribution in [0.25, 0.3) is 5.48 Å². The summed E-state index contributed by atoms with van der Waals surface area (Å²) in [6, 6.07) is 9.62. The predicted octanol–water partition coefficient (Wildman–Crippen LogP) is 2.02. The summed E-state index contributed by atoms with van der Waals surface area (Å²) in [4.78, 5) is 14.9. The van der Waals surface area contributed by atoms with E-state index in [2.05, 4.69) is 10.3 Å². The molecule has 0 bridgehead atoms. The Balaban J connectivity index is 0. The molecule has 1 aromatic carbocycles. The minimum absolute atomic E-state index is 0. The number of hydroxylamine groups is 1. The van der Waals surface area contributed by atoms with Crippen LogP contribution < -0.4 is 0 Å². The van der Waals surface area contributed by atoms with Gasteiger partial charge in [0, 0.05) is 60.9 Å². The molecular weight excluding hydrogens is 329 g/mol. The number of rotatable bonds is 6. The van der Waals surface area contributed by atoms with E-state index in [9.17, 15) is 4.79 Å². The summed E-state index contributed by atoms with van der Waals surface area (Å²) in [6.45, 7) is 3.71. The minimum atomic E-state index is -0.742. The molecule has 0 heterocycles. The number of aryl methyl sites for hydroxylation is 1. The first-order valence-electron chi connectivity index (χ1n) is 6.04. The van der Waals surface area contributed by atoms with Crippen molar-refractivity contribution in [3.05, 3.63) is 41.4 Å². The Morgan fingerprint density at radius 3 is 2.20 bits per heavy atom. The van der Waals surface area contributed by atoms with E-state index in [1.807, 2.05) is 44.2 Å². The summed E-state index contributed by atoms with van der Waals surface area (Å²) >= 11 is 0. The number of carbonyl (C=O) groups is 1. The second-order valence-electron chi connectivity index (χ2n) is 4.13. The van der Waals surface area contributed by atoms with E-state index in [0.717, 1.165) is 5.56 Å². The molecule has 4 nitrogen and oxygen atoms in total. The molecule has 20 heavy (non-hydrogen) atoms. The maximum Gasteiger partial charge on any atom is 0.303 e. The summed E-state index contributed by atoms with van der Waals surface area (Å²) in [6.07, 6.45) is 0.893. The van der Waals surface area contributed by atoms with Crippen LogP contribution in [-0.2, 0) is 48.8 Å². The fourth-order valence-corrected chi connectivity index (χ4v) is 1.09. The maximum absolute atomic E-state index is 10.2. The number of carboxylic acid groups (broad SMARTS) is 1. The molecule has 0 saturated heterocycles. The average molecular weight is 347 g/mol. The van der Waals surface area contributed by atoms with Crippen molar-refractivity contribution in [3.8, 4) is 0 Å². The number of hydrogen-bond donors (Lipinski definition) is 1. The Hall–Kier alpha value is -0.156. The molecule has 103 valence electrons. The normalized spacial score (nSPS) is 9.60. The van der Waals surface area contributed by atoms with Crippen molar-refractivity contribution in [1.82, 2.24) is 0 Å². The van der Waals surface area contributed by atoms with Gasteiger partial charge < -0.3 is 15.4 Å². The predicted molar refractivity (Wildman–Crippen MR) is 77.3 cm³/mol. The summed E-state index contributed by atoms with van der Waals surface area (Å²) in [5, 5.41) is 8.37. The molecule has 0 unspecified atom stereocenters. The van der Waals surface area contributed by atoms with E-state index in [4.69, 9.17) is 20.8 Å². The molecule has 0 aliphatic rings. The van der Waals surface area contributed by atoms with E-state index in [-0.39, 0.29) is 45.2 Å². The third-order valence-electron chi connectivity index (χ3n) is 1.86. The number of aliphatic carboxylic acids is 1. The molecule has 0 fully saturated rings. The van der Waals surface area contributed by atoms with Gasteiger partial charge in [-0.15, -0.1) is 0 Å². The second-order valence-corrected chi connectivity index (χ2v) is 4.13. The zero-order valence-electron chi connectivity index (χ0n) is 11.9. The van der Waals surface area contributed by atoms with Crippen molar-refractivity contribution < 1.29 is 47.4 Å². The molecule has 0 spiro atoms. The number of hydrogen-bond acceptors (Lipinski definition) is 2. The standard InChI is InChI=1S/C9H10O2.C4H8B2NO.Y/c10-9(11)7-6-8-4-2-1-3-5-8;1-3(2)8-7-4(5)6;/h1-5H,6-7H2,(H,10,11);3-4H,1-2H3;/q;-1;. The molecule has 1 aromatic rings. The molecule has 0 aromatic heterocycles. The van der Waals surface area contributed by atoms with Crippen molar-refractivity contribution in [2.45, 2.75) is 38.6 Å².